The second-order valence-corrected chi connectivity index (χ2v) is 5.66. The second kappa shape index (κ2) is 5.89. The zero-order chi connectivity index (χ0) is 14.9. The van der Waals surface area contributed by atoms with E-state index in [4.69, 9.17) is 11.6 Å². The molecule has 1 fully saturated rings. The number of phenolic OH excluding ortho intramolecular Hbond substituents is 2. The number of hydrogen-bond acceptors (Lipinski definition) is 4. The largest absolute Gasteiger partial charge is 0.504 e. The molecule has 2 N–H and O–H groups in total. The predicted octanol–water partition coefficient (Wildman–Crippen LogP) is 1.92. The van der Waals surface area contributed by atoms with Gasteiger partial charge in [0.05, 0.1) is 10.6 Å². The van der Waals surface area contributed by atoms with Gasteiger partial charge in [0.25, 0.3) is 5.91 Å². The molecule has 0 aromatic heterocycles. The molecule has 2 rings (SSSR count). The summed E-state index contributed by atoms with van der Waals surface area (Å²) in [4.78, 5) is 16.3. The highest BCUT2D eigenvalue weighted by Crippen LogP contribution is 2.36. The highest BCUT2D eigenvalue weighted by Gasteiger charge is 2.26. The van der Waals surface area contributed by atoms with Crippen LogP contribution in [0.15, 0.2) is 12.1 Å². The van der Waals surface area contributed by atoms with Gasteiger partial charge in [-0.15, -0.1) is 0 Å². The minimum atomic E-state index is -0.444. The first-order valence-electron chi connectivity index (χ1n) is 6.58. The first-order chi connectivity index (χ1) is 9.41. The van der Waals surface area contributed by atoms with Crippen LogP contribution in [0.4, 0.5) is 0 Å². The van der Waals surface area contributed by atoms with Crippen LogP contribution in [0.25, 0.3) is 0 Å². The van der Waals surface area contributed by atoms with E-state index in [1.54, 1.807) is 4.90 Å². The molecule has 0 bridgehead atoms. The third kappa shape index (κ3) is 2.83. The average Bonchev–Trinajstić information content (AvgIpc) is 2.44. The van der Waals surface area contributed by atoms with Crippen molar-refractivity contribution in [3.63, 3.8) is 0 Å². The van der Waals surface area contributed by atoms with E-state index in [0.717, 1.165) is 12.8 Å². The van der Waals surface area contributed by atoms with Crippen LogP contribution in [0, 0.1) is 0 Å². The van der Waals surface area contributed by atoms with Crippen LogP contribution in [-0.2, 0) is 0 Å². The topological polar surface area (TPSA) is 64.0 Å². The van der Waals surface area contributed by atoms with Crippen molar-refractivity contribution >= 4 is 17.5 Å². The Bertz CT molecular complexity index is 511. The molecule has 0 radical (unpaired) electrons. The Hall–Kier alpha value is -1.46. The molecule has 6 heteroatoms. The summed E-state index contributed by atoms with van der Waals surface area (Å²) in [7, 11) is 4.08. The number of amides is 1. The lowest BCUT2D eigenvalue weighted by Gasteiger charge is -2.35. The monoisotopic (exact) mass is 298 g/mol. The number of likely N-dealkylation sites (tertiary alicyclic amines) is 1. The van der Waals surface area contributed by atoms with Crippen molar-refractivity contribution in [2.24, 2.45) is 0 Å². The van der Waals surface area contributed by atoms with Crippen molar-refractivity contribution in [3.8, 4) is 11.5 Å². The number of piperidine rings is 1. The number of rotatable bonds is 2. The highest BCUT2D eigenvalue weighted by atomic mass is 35.5. The van der Waals surface area contributed by atoms with Gasteiger partial charge in [-0.3, -0.25) is 4.79 Å². The maximum atomic E-state index is 12.4. The van der Waals surface area contributed by atoms with Gasteiger partial charge in [0.1, 0.15) is 0 Å². The number of nitrogens with zero attached hydrogens (tertiary/aromatic N) is 2. The molecule has 0 saturated carbocycles. The van der Waals surface area contributed by atoms with Gasteiger partial charge < -0.3 is 20.0 Å². The summed E-state index contributed by atoms with van der Waals surface area (Å²) in [5, 5.41) is 18.8. The molecule has 1 aromatic rings. The number of hydrogen-bond donors (Lipinski definition) is 2. The van der Waals surface area contributed by atoms with Gasteiger partial charge in [-0.25, -0.2) is 0 Å². The summed E-state index contributed by atoms with van der Waals surface area (Å²) in [6, 6.07) is 3.21. The molecule has 1 aliphatic heterocycles. The molecule has 1 aliphatic rings. The number of benzene rings is 1. The maximum Gasteiger partial charge on any atom is 0.255 e. The molecule has 0 unspecified atom stereocenters. The van der Waals surface area contributed by atoms with Crippen LogP contribution in [0.3, 0.4) is 0 Å². The third-order valence-electron chi connectivity index (χ3n) is 3.81. The summed E-state index contributed by atoms with van der Waals surface area (Å²) in [6.07, 6.45) is 1.83. The number of halogens is 1. The fraction of sp³-hybridized carbons (Fsp3) is 0.500. The third-order valence-corrected chi connectivity index (χ3v) is 4.19. The smallest absolute Gasteiger partial charge is 0.255 e. The fourth-order valence-corrected chi connectivity index (χ4v) is 2.72. The van der Waals surface area contributed by atoms with Gasteiger partial charge in [-0.05, 0) is 39.1 Å². The van der Waals surface area contributed by atoms with Gasteiger partial charge in [0.2, 0.25) is 0 Å². The molecule has 5 nitrogen and oxygen atoms in total. The lowest BCUT2D eigenvalue weighted by atomic mass is 10.0. The van der Waals surface area contributed by atoms with E-state index < -0.39 is 5.75 Å². The minimum absolute atomic E-state index is 0.0928. The Morgan fingerprint density at radius 1 is 1.30 bits per heavy atom. The number of carbonyl (C=O) groups excluding carboxylic acids is 1. The highest BCUT2D eigenvalue weighted by molar-refractivity contribution is 6.35. The molecule has 1 amide bonds. The van der Waals surface area contributed by atoms with Crippen LogP contribution in [-0.4, -0.2) is 59.1 Å². The van der Waals surface area contributed by atoms with E-state index >= 15 is 0 Å². The molecule has 0 atom stereocenters. The number of phenols is 2. The fourth-order valence-electron chi connectivity index (χ4n) is 2.48. The quantitative estimate of drug-likeness (QED) is 0.819. The standard InChI is InChI=1S/C14H19ClN2O3/c1-16(2)9-5-7-17(8-6-9)14(20)10-3-4-11(18)13(19)12(10)15/h3-4,9,18-19H,5-8H2,1-2H3. The molecular formula is C14H19ClN2O3. The average molecular weight is 299 g/mol. The predicted molar refractivity (Wildman–Crippen MR) is 77.4 cm³/mol. The first kappa shape index (κ1) is 14.9. The Labute approximate surface area is 123 Å². The Balaban J connectivity index is 2.12. The van der Waals surface area contributed by atoms with Gasteiger partial charge in [0.15, 0.2) is 11.5 Å². The van der Waals surface area contributed by atoms with E-state index in [0.29, 0.717) is 19.1 Å². The summed E-state index contributed by atoms with van der Waals surface area (Å²) in [5.41, 5.74) is 0.227. The van der Waals surface area contributed by atoms with Crippen LogP contribution in [0.2, 0.25) is 5.02 Å². The summed E-state index contributed by atoms with van der Waals surface area (Å²) in [6.45, 7) is 1.33. The number of aromatic hydroxyl groups is 2. The van der Waals surface area contributed by atoms with Crippen LogP contribution in [0.1, 0.15) is 23.2 Å². The molecular weight excluding hydrogens is 280 g/mol. The van der Waals surface area contributed by atoms with Crippen molar-refractivity contribution in [3.05, 3.63) is 22.7 Å². The molecule has 110 valence electrons. The van der Waals surface area contributed by atoms with E-state index in [-0.39, 0.29) is 22.2 Å². The molecule has 20 heavy (non-hydrogen) atoms. The summed E-state index contributed by atoms with van der Waals surface area (Å²) >= 11 is 5.93. The minimum Gasteiger partial charge on any atom is -0.504 e. The lowest BCUT2D eigenvalue weighted by molar-refractivity contribution is 0.0663. The molecule has 0 spiro atoms. The van der Waals surface area contributed by atoms with Crippen molar-refractivity contribution in [1.29, 1.82) is 0 Å². The lowest BCUT2D eigenvalue weighted by Crippen LogP contribution is -2.44. The van der Waals surface area contributed by atoms with E-state index in [1.807, 2.05) is 14.1 Å². The number of carbonyl (C=O) groups is 1. The SMILES string of the molecule is CN(C)C1CCN(C(=O)c2ccc(O)c(O)c2Cl)CC1. The van der Waals surface area contributed by atoms with Crippen molar-refractivity contribution in [1.82, 2.24) is 9.80 Å². The van der Waals surface area contributed by atoms with Gasteiger partial charge >= 0.3 is 0 Å². The van der Waals surface area contributed by atoms with Crippen molar-refractivity contribution in [2.75, 3.05) is 27.2 Å². The van der Waals surface area contributed by atoms with E-state index in [2.05, 4.69) is 4.90 Å². The summed E-state index contributed by atoms with van der Waals surface area (Å²) in [5.74, 6) is -0.971. The molecule has 0 aliphatic carbocycles. The Morgan fingerprint density at radius 2 is 1.90 bits per heavy atom. The molecule has 1 heterocycles. The van der Waals surface area contributed by atoms with Gasteiger partial charge in [-0.2, -0.15) is 0 Å². The normalized spacial score (nSPS) is 16.7. The van der Waals surface area contributed by atoms with E-state index in [1.165, 1.54) is 12.1 Å². The van der Waals surface area contributed by atoms with Crippen LogP contribution < -0.4 is 0 Å². The second-order valence-electron chi connectivity index (χ2n) is 5.28. The Morgan fingerprint density at radius 3 is 2.45 bits per heavy atom. The first-order valence-corrected chi connectivity index (χ1v) is 6.95. The zero-order valence-electron chi connectivity index (χ0n) is 11.6. The van der Waals surface area contributed by atoms with Crippen molar-refractivity contribution in [2.45, 2.75) is 18.9 Å². The maximum absolute atomic E-state index is 12.4. The Kier molecular flexibility index (Phi) is 4.40. The summed E-state index contributed by atoms with van der Waals surface area (Å²) < 4.78 is 0. The van der Waals surface area contributed by atoms with Crippen molar-refractivity contribution < 1.29 is 15.0 Å². The van der Waals surface area contributed by atoms with Crippen LogP contribution in [0.5, 0.6) is 11.5 Å². The van der Waals surface area contributed by atoms with Gasteiger partial charge in [-0.1, -0.05) is 11.6 Å². The molecule has 1 aromatic carbocycles. The molecule has 1 saturated heterocycles. The zero-order valence-corrected chi connectivity index (χ0v) is 12.4. The van der Waals surface area contributed by atoms with Gasteiger partial charge in [0, 0.05) is 19.1 Å². The van der Waals surface area contributed by atoms with E-state index in [9.17, 15) is 15.0 Å². The van der Waals surface area contributed by atoms with Crippen LogP contribution >= 0.6 is 11.6 Å².